The molecule has 12 N–H and O–H groups in total. The second kappa shape index (κ2) is 60.1. The first-order chi connectivity index (χ1) is 47.3. The molecule has 0 spiro atoms. The first-order valence-corrected chi connectivity index (χ1v) is 40.8. The third kappa shape index (κ3) is 40.6. The minimum atomic E-state index is -1.97. The summed E-state index contributed by atoms with van der Waals surface area (Å²) in [5, 5.41) is 121. The van der Waals surface area contributed by atoms with Gasteiger partial charge in [-0.3, -0.25) is 4.79 Å². The zero-order chi connectivity index (χ0) is 70.4. The van der Waals surface area contributed by atoms with Gasteiger partial charge in [-0.15, -0.1) is 0 Å². The van der Waals surface area contributed by atoms with E-state index in [1.54, 1.807) is 0 Å². The molecule has 0 saturated carbocycles. The fourth-order valence-corrected chi connectivity index (χ4v) is 14.4. The summed E-state index contributed by atoms with van der Waals surface area (Å²) in [6, 6.07) is -0.882. The molecule has 3 aliphatic heterocycles. The fraction of sp³-hybridized carbons (Fsp3) is 0.987. The Bertz CT molecular complexity index is 1760. The molecular formula is C78H151NO18. The Kier molecular flexibility index (Phi) is 55.8. The van der Waals surface area contributed by atoms with Crippen molar-refractivity contribution in [2.24, 2.45) is 0 Å². The molecular weight excluding hydrogens is 1240 g/mol. The summed E-state index contributed by atoms with van der Waals surface area (Å²) in [7, 11) is 0. The van der Waals surface area contributed by atoms with Crippen LogP contribution in [0.5, 0.6) is 0 Å². The number of aliphatic hydroxyl groups is 11. The molecule has 19 nitrogen and oxygen atoms in total. The van der Waals surface area contributed by atoms with E-state index in [2.05, 4.69) is 19.2 Å². The highest BCUT2D eigenvalue weighted by atomic mass is 16.8. The van der Waals surface area contributed by atoms with Crippen LogP contribution in [0.1, 0.15) is 361 Å². The zero-order valence-electron chi connectivity index (χ0n) is 61.6. The van der Waals surface area contributed by atoms with Crippen molar-refractivity contribution in [2.75, 3.05) is 26.4 Å². The molecule has 17 atom stereocenters. The van der Waals surface area contributed by atoms with Gasteiger partial charge in [-0.2, -0.15) is 0 Å². The summed E-state index contributed by atoms with van der Waals surface area (Å²) >= 11 is 0. The van der Waals surface area contributed by atoms with Gasteiger partial charge in [0.1, 0.15) is 73.2 Å². The monoisotopic (exact) mass is 1390 g/mol. The van der Waals surface area contributed by atoms with Crippen molar-refractivity contribution in [1.82, 2.24) is 5.32 Å². The molecule has 3 heterocycles. The minimum absolute atomic E-state index is 0.233. The molecule has 19 heteroatoms. The van der Waals surface area contributed by atoms with Crippen LogP contribution in [0.15, 0.2) is 0 Å². The summed E-state index contributed by atoms with van der Waals surface area (Å²) in [4.78, 5) is 13.5. The largest absolute Gasteiger partial charge is 0.394 e. The van der Waals surface area contributed by atoms with Crippen LogP contribution < -0.4 is 5.32 Å². The van der Waals surface area contributed by atoms with E-state index >= 15 is 0 Å². The van der Waals surface area contributed by atoms with Gasteiger partial charge >= 0.3 is 0 Å². The van der Waals surface area contributed by atoms with Gasteiger partial charge in [0.25, 0.3) is 0 Å². The predicted molar refractivity (Wildman–Crippen MR) is 384 cm³/mol. The maximum absolute atomic E-state index is 13.5. The highest BCUT2D eigenvalue weighted by Crippen LogP contribution is 2.33. The number of nitrogens with one attached hydrogen (secondary N) is 1. The molecule has 0 aromatic carbocycles. The lowest BCUT2D eigenvalue weighted by Gasteiger charge is -2.48. The van der Waals surface area contributed by atoms with Crippen molar-refractivity contribution < 1.29 is 89.4 Å². The molecule has 1 amide bonds. The molecule has 0 aliphatic carbocycles. The maximum atomic E-state index is 13.5. The topological polar surface area (TPSA) is 307 Å². The van der Waals surface area contributed by atoms with Gasteiger partial charge in [0, 0.05) is 6.42 Å². The summed E-state index contributed by atoms with van der Waals surface area (Å²) in [5.74, 6) is -0.233. The smallest absolute Gasteiger partial charge is 0.220 e. The Morgan fingerprint density at radius 2 is 0.588 bits per heavy atom. The van der Waals surface area contributed by atoms with Crippen LogP contribution in [-0.4, -0.2) is 193 Å². The van der Waals surface area contributed by atoms with E-state index < -0.39 is 124 Å². The lowest BCUT2D eigenvalue weighted by Crippen LogP contribution is -2.66. The summed E-state index contributed by atoms with van der Waals surface area (Å²) < 4.78 is 34.5. The van der Waals surface area contributed by atoms with Crippen LogP contribution in [0.3, 0.4) is 0 Å². The number of ether oxygens (including phenoxy) is 6. The number of unbranched alkanes of at least 4 members (excludes halogenated alkanes) is 50. The van der Waals surface area contributed by atoms with Crippen molar-refractivity contribution in [3.05, 3.63) is 0 Å². The van der Waals surface area contributed by atoms with E-state index in [1.165, 1.54) is 283 Å². The van der Waals surface area contributed by atoms with E-state index in [9.17, 15) is 61.0 Å². The second-order valence-corrected chi connectivity index (χ2v) is 29.6. The van der Waals surface area contributed by atoms with Gasteiger partial charge in [-0.05, 0) is 12.8 Å². The molecule has 0 radical (unpaired) electrons. The van der Waals surface area contributed by atoms with Gasteiger partial charge in [0.15, 0.2) is 18.9 Å². The van der Waals surface area contributed by atoms with Gasteiger partial charge in [-0.1, -0.05) is 341 Å². The molecule has 576 valence electrons. The van der Waals surface area contributed by atoms with Crippen molar-refractivity contribution in [3.63, 3.8) is 0 Å². The van der Waals surface area contributed by atoms with Crippen LogP contribution in [0.4, 0.5) is 0 Å². The normalized spacial score (nSPS) is 26.8. The molecule has 0 aromatic rings. The van der Waals surface area contributed by atoms with Crippen molar-refractivity contribution in [2.45, 2.75) is 465 Å². The predicted octanol–water partition coefficient (Wildman–Crippen LogP) is 13.4. The number of aliphatic hydroxyl groups excluding tert-OH is 11. The fourth-order valence-electron chi connectivity index (χ4n) is 14.4. The SMILES string of the molecule is CCCCCCCCCCCCCCCCCCCCCCCCCCCCCCCCCCCCCCC(=O)NC(COC1OC(CO)C(OC2OC(CO)C(OC3OC(CO)C(O)C(O)C3O)C(O)C2O)C(O)C1O)C(O)CCCCCCCCCCCCCCCCCC. The lowest BCUT2D eigenvalue weighted by molar-refractivity contribution is -0.379. The van der Waals surface area contributed by atoms with Crippen LogP contribution >= 0.6 is 0 Å². The average molecular weight is 1390 g/mol. The van der Waals surface area contributed by atoms with Crippen molar-refractivity contribution >= 4 is 5.91 Å². The van der Waals surface area contributed by atoms with E-state index in [4.69, 9.17) is 28.4 Å². The Balaban J connectivity index is 1.30. The summed E-state index contributed by atoms with van der Waals surface area (Å²) in [6.07, 6.45) is 42.2. The molecule has 97 heavy (non-hydrogen) atoms. The van der Waals surface area contributed by atoms with E-state index in [1.807, 2.05) is 0 Å². The first-order valence-electron chi connectivity index (χ1n) is 40.8. The number of hydrogen-bond acceptors (Lipinski definition) is 18. The first kappa shape index (κ1) is 90.0. The van der Waals surface area contributed by atoms with Crippen LogP contribution in [-0.2, 0) is 33.2 Å². The molecule has 3 rings (SSSR count). The molecule has 0 aromatic heterocycles. The Hall–Kier alpha value is -1.21. The van der Waals surface area contributed by atoms with Gasteiger partial charge in [0.2, 0.25) is 5.91 Å². The number of carbonyl (C=O) groups is 1. The minimum Gasteiger partial charge on any atom is -0.394 e. The van der Waals surface area contributed by atoms with Crippen LogP contribution in [0, 0.1) is 0 Å². The molecule has 17 unspecified atom stereocenters. The third-order valence-electron chi connectivity index (χ3n) is 20.9. The quantitative estimate of drug-likeness (QED) is 0.0252. The van der Waals surface area contributed by atoms with Crippen LogP contribution in [0.25, 0.3) is 0 Å². The highest BCUT2D eigenvalue weighted by Gasteiger charge is 2.54. The lowest BCUT2D eigenvalue weighted by atomic mass is 9.96. The third-order valence-corrected chi connectivity index (χ3v) is 20.9. The van der Waals surface area contributed by atoms with Gasteiger partial charge in [0.05, 0.1) is 38.6 Å². The molecule has 3 saturated heterocycles. The van der Waals surface area contributed by atoms with E-state index in [-0.39, 0.29) is 18.9 Å². The number of rotatable bonds is 66. The van der Waals surface area contributed by atoms with Crippen LogP contribution in [0.2, 0.25) is 0 Å². The van der Waals surface area contributed by atoms with E-state index in [0.717, 1.165) is 44.9 Å². The van der Waals surface area contributed by atoms with Crippen molar-refractivity contribution in [3.8, 4) is 0 Å². The Labute approximate surface area is 589 Å². The Morgan fingerprint density at radius 1 is 0.330 bits per heavy atom. The van der Waals surface area contributed by atoms with Gasteiger partial charge < -0.3 is 89.9 Å². The average Bonchev–Trinajstić information content (AvgIpc) is 1.10. The number of carbonyl (C=O) groups excluding carboxylic acids is 1. The van der Waals surface area contributed by atoms with Gasteiger partial charge in [-0.25, -0.2) is 0 Å². The molecule has 3 aliphatic rings. The highest BCUT2D eigenvalue weighted by molar-refractivity contribution is 5.76. The summed E-state index contributed by atoms with van der Waals surface area (Å²) in [5.41, 5.74) is 0. The Morgan fingerprint density at radius 3 is 0.897 bits per heavy atom. The summed E-state index contributed by atoms with van der Waals surface area (Å²) in [6.45, 7) is 1.86. The standard InChI is InChI=1S/C78H151NO18/c1-3-5-7-9-11-13-15-17-19-21-22-23-24-25-26-27-28-29-30-31-32-33-34-35-36-37-38-39-40-42-44-46-48-50-52-54-56-66(84)79-61(62(83)55-53-51-49-47-45-43-41-20-18-16-14-12-10-8-6-4-2)60-92-76-72(90)69(87)74(64(58-81)94-76)97-78-73(91)70(88)75(65(59-82)95-78)96-77-71(89)68(86)67(85)63(57-80)93-77/h61-65,67-78,80-83,85-91H,3-60H2,1-2H3,(H,79,84). The van der Waals surface area contributed by atoms with Crippen molar-refractivity contribution in [1.29, 1.82) is 0 Å². The maximum Gasteiger partial charge on any atom is 0.220 e. The number of hydrogen-bond donors (Lipinski definition) is 12. The molecule has 3 fully saturated rings. The molecule has 0 bridgehead atoms. The zero-order valence-corrected chi connectivity index (χ0v) is 61.6. The number of amides is 1. The van der Waals surface area contributed by atoms with E-state index in [0.29, 0.717) is 12.8 Å². The second-order valence-electron chi connectivity index (χ2n) is 29.6.